The van der Waals surface area contributed by atoms with Crippen LogP contribution < -0.4 is 9.47 Å². The fourth-order valence-corrected chi connectivity index (χ4v) is 2.43. The molecular weight excluding hydrogens is 324 g/mol. The predicted molar refractivity (Wildman–Crippen MR) is 89.9 cm³/mol. The Balaban J connectivity index is 1.69. The number of carbonyl (C=O) groups excluding carboxylic acids is 2. The Morgan fingerprint density at radius 1 is 1.00 bits per heavy atom. The molecule has 0 aliphatic carbocycles. The van der Waals surface area contributed by atoms with Crippen molar-refractivity contribution in [1.29, 1.82) is 0 Å². The number of esters is 2. The van der Waals surface area contributed by atoms with Crippen molar-refractivity contribution in [2.45, 2.75) is 6.42 Å². The number of fused-ring (bicyclic) bond motifs is 1. The fourth-order valence-electron chi connectivity index (χ4n) is 2.43. The molecule has 0 bridgehead atoms. The van der Waals surface area contributed by atoms with E-state index in [9.17, 15) is 9.59 Å². The average molecular weight is 340 g/mol. The molecule has 2 aromatic carbocycles. The van der Waals surface area contributed by atoms with Crippen molar-refractivity contribution >= 4 is 22.9 Å². The molecule has 0 N–H and O–H groups in total. The molecule has 6 heteroatoms. The minimum absolute atomic E-state index is 0.0675. The molecule has 0 amide bonds. The number of benzene rings is 2. The SMILES string of the molecule is COC(=O)c1ccc(OC(=O)Cc2coc3cc(OC)ccc23)cc1. The summed E-state index contributed by atoms with van der Waals surface area (Å²) in [4.78, 5) is 23.5. The monoisotopic (exact) mass is 340 g/mol. The first-order chi connectivity index (χ1) is 12.1. The molecule has 3 aromatic rings. The average Bonchev–Trinajstić information content (AvgIpc) is 3.03. The highest BCUT2D eigenvalue weighted by Gasteiger charge is 2.13. The minimum Gasteiger partial charge on any atom is -0.497 e. The first-order valence-corrected chi connectivity index (χ1v) is 7.54. The fraction of sp³-hybridized carbons (Fsp3) is 0.158. The van der Waals surface area contributed by atoms with E-state index in [-0.39, 0.29) is 6.42 Å². The Morgan fingerprint density at radius 3 is 2.40 bits per heavy atom. The molecule has 3 rings (SSSR count). The van der Waals surface area contributed by atoms with Gasteiger partial charge in [-0.3, -0.25) is 4.79 Å². The number of methoxy groups -OCH3 is 2. The molecule has 1 aromatic heterocycles. The predicted octanol–water partition coefficient (Wildman–Crippen LogP) is 3.38. The molecule has 0 aliphatic heterocycles. The molecule has 128 valence electrons. The van der Waals surface area contributed by atoms with Gasteiger partial charge in [-0.05, 0) is 36.4 Å². The van der Waals surface area contributed by atoms with Crippen LogP contribution in [0.2, 0.25) is 0 Å². The lowest BCUT2D eigenvalue weighted by molar-refractivity contribution is -0.133. The Kier molecular flexibility index (Phi) is 4.70. The largest absolute Gasteiger partial charge is 0.497 e. The molecule has 0 spiro atoms. The Labute approximate surface area is 143 Å². The lowest BCUT2D eigenvalue weighted by Crippen LogP contribution is -2.11. The summed E-state index contributed by atoms with van der Waals surface area (Å²) in [6.07, 6.45) is 1.60. The molecule has 25 heavy (non-hydrogen) atoms. The van der Waals surface area contributed by atoms with Crippen molar-refractivity contribution in [2.24, 2.45) is 0 Å². The van der Waals surface area contributed by atoms with E-state index in [0.29, 0.717) is 22.6 Å². The third-order valence-corrected chi connectivity index (χ3v) is 3.70. The number of carbonyl (C=O) groups is 2. The standard InChI is InChI=1S/C19H16O6/c1-22-15-7-8-16-13(11-24-17(16)10-15)9-18(20)25-14-5-3-12(4-6-14)19(21)23-2/h3-8,10-11H,9H2,1-2H3. The first kappa shape index (κ1) is 16.6. The van der Waals surface area contributed by atoms with Crippen LogP contribution in [0.1, 0.15) is 15.9 Å². The highest BCUT2D eigenvalue weighted by atomic mass is 16.5. The number of rotatable bonds is 5. The summed E-state index contributed by atoms with van der Waals surface area (Å²) < 4.78 is 20.5. The number of hydrogen-bond acceptors (Lipinski definition) is 6. The van der Waals surface area contributed by atoms with Crippen LogP contribution in [0.3, 0.4) is 0 Å². The summed E-state index contributed by atoms with van der Waals surface area (Å²) in [6, 6.07) is 11.6. The van der Waals surface area contributed by atoms with Crippen molar-refractivity contribution in [3.8, 4) is 11.5 Å². The molecule has 6 nitrogen and oxygen atoms in total. The van der Waals surface area contributed by atoms with Gasteiger partial charge in [-0.1, -0.05) is 0 Å². The Bertz CT molecular complexity index is 907. The van der Waals surface area contributed by atoms with Gasteiger partial charge in [-0.2, -0.15) is 0 Å². The second-order valence-corrected chi connectivity index (χ2v) is 5.29. The van der Waals surface area contributed by atoms with Crippen molar-refractivity contribution < 1.29 is 28.2 Å². The molecule has 0 aliphatic rings. The maximum absolute atomic E-state index is 12.1. The summed E-state index contributed by atoms with van der Waals surface area (Å²) in [7, 11) is 2.88. The molecule has 0 unspecified atom stereocenters. The van der Waals surface area contributed by atoms with E-state index >= 15 is 0 Å². The van der Waals surface area contributed by atoms with Crippen LogP contribution in [-0.2, 0) is 16.0 Å². The van der Waals surface area contributed by atoms with Crippen molar-refractivity contribution in [2.75, 3.05) is 14.2 Å². The second-order valence-electron chi connectivity index (χ2n) is 5.29. The quantitative estimate of drug-likeness (QED) is 0.523. The van der Waals surface area contributed by atoms with Gasteiger partial charge in [0.2, 0.25) is 0 Å². The number of hydrogen-bond donors (Lipinski definition) is 0. The number of furan rings is 1. The molecule has 0 saturated carbocycles. The summed E-state index contributed by atoms with van der Waals surface area (Å²) in [5, 5.41) is 0.832. The highest BCUT2D eigenvalue weighted by molar-refractivity contribution is 5.90. The van der Waals surface area contributed by atoms with E-state index in [4.69, 9.17) is 13.9 Å². The maximum atomic E-state index is 12.1. The van der Waals surface area contributed by atoms with Crippen LogP contribution in [0, 0.1) is 0 Å². The molecule has 1 heterocycles. The highest BCUT2D eigenvalue weighted by Crippen LogP contribution is 2.26. The van der Waals surface area contributed by atoms with Crippen LogP contribution in [0.4, 0.5) is 0 Å². The summed E-state index contributed by atoms with van der Waals surface area (Å²) >= 11 is 0. The van der Waals surface area contributed by atoms with Gasteiger partial charge in [0.05, 0.1) is 32.5 Å². The zero-order valence-corrected chi connectivity index (χ0v) is 13.8. The lowest BCUT2D eigenvalue weighted by atomic mass is 10.1. The van der Waals surface area contributed by atoms with Crippen LogP contribution >= 0.6 is 0 Å². The van der Waals surface area contributed by atoms with Crippen molar-refractivity contribution in [1.82, 2.24) is 0 Å². The topological polar surface area (TPSA) is 75.0 Å². The maximum Gasteiger partial charge on any atom is 0.337 e. The van der Waals surface area contributed by atoms with Crippen LogP contribution in [0.5, 0.6) is 11.5 Å². The minimum atomic E-state index is -0.446. The summed E-state index contributed by atoms with van der Waals surface area (Å²) in [6.45, 7) is 0. The molecule has 0 fully saturated rings. The third-order valence-electron chi connectivity index (χ3n) is 3.70. The van der Waals surface area contributed by atoms with Gasteiger partial charge < -0.3 is 18.6 Å². The Morgan fingerprint density at radius 2 is 1.72 bits per heavy atom. The second kappa shape index (κ2) is 7.09. The normalized spacial score (nSPS) is 10.5. The van der Waals surface area contributed by atoms with E-state index in [0.717, 1.165) is 10.9 Å². The van der Waals surface area contributed by atoms with E-state index in [1.807, 2.05) is 6.07 Å². The van der Waals surface area contributed by atoms with E-state index in [2.05, 4.69) is 4.74 Å². The van der Waals surface area contributed by atoms with Crippen LogP contribution in [0.25, 0.3) is 11.0 Å². The molecule has 0 radical (unpaired) electrons. The van der Waals surface area contributed by atoms with Gasteiger partial charge in [-0.25, -0.2) is 4.79 Å². The first-order valence-electron chi connectivity index (χ1n) is 7.54. The van der Waals surface area contributed by atoms with Gasteiger partial charge >= 0.3 is 11.9 Å². The van der Waals surface area contributed by atoms with Gasteiger partial charge in [-0.15, -0.1) is 0 Å². The zero-order chi connectivity index (χ0) is 17.8. The van der Waals surface area contributed by atoms with Gasteiger partial charge in [0.1, 0.15) is 17.1 Å². The van der Waals surface area contributed by atoms with Crippen LogP contribution in [0.15, 0.2) is 53.1 Å². The van der Waals surface area contributed by atoms with Crippen molar-refractivity contribution in [3.63, 3.8) is 0 Å². The van der Waals surface area contributed by atoms with Gasteiger partial charge in [0.25, 0.3) is 0 Å². The van der Waals surface area contributed by atoms with E-state index in [1.165, 1.54) is 25.5 Å². The molecule has 0 saturated heterocycles. The summed E-state index contributed by atoms with van der Waals surface area (Å²) in [5.74, 6) is 0.163. The molecular formula is C19H16O6. The van der Waals surface area contributed by atoms with Crippen LogP contribution in [-0.4, -0.2) is 26.2 Å². The van der Waals surface area contributed by atoms with Gasteiger partial charge in [0.15, 0.2) is 0 Å². The smallest absolute Gasteiger partial charge is 0.337 e. The van der Waals surface area contributed by atoms with Crippen molar-refractivity contribution in [3.05, 3.63) is 59.9 Å². The van der Waals surface area contributed by atoms with Gasteiger partial charge in [0, 0.05) is 17.0 Å². The van der Waals surface area contributed by atoms with E-state index in [1.54, 1.807) is 31.4 Å². The lowest BCUT2D eigenvalue weighted by Gasteiger charge is -2.05. The Hall–Kier alpha value is -3.28. The number of ether oxygens (including phenoxy) is 3. The summed E-state index contributed by atoms with van der Waals surface area (Å²) in [5.41, 5.74) is 1.76. The zero-order valence-electron chi connectivity index (χ0n) is 13.8. The third kappa shape index (κ3) is 3.63. The molecule has 0 atom stereocenters. The van der Waals surface area contributed by atoms with E-state index < -0.39 is 11.9 Å².